The van der Waals surface area contributed by atoms with Gasteiger partial charge in [-0.3, -0.25) is 14.7 Å². The Hall–Kier alpha value is -3.39. The minimum absolute atomic E-state index is 0.0522. The molecule has 35 heavy (non-hydrogen) atoms. The number of nitrogens with zero attached hydrogens (tertiary/aromatic N) is 2. The van der Waals surface area contributed by atoms with Crippen molar-refractivity contribution in [1.29, 1.82) is 0 Å². The Balaban J connectivity index is 1.87. The Labute approximate surface area is 204 Å². The molecule has 1 aromatic heterocycles. The highest BCUT2D eigenvalue weighted by Crippen LogP contribution is 2.38. The van der Waals surface area contributed by atoms with Crippen LogP contribution in [0.2, 0.25) is 0 Å². The van der Waals surface area contributed by atoms with E-state index in [2.05, 4.69) is 25.8 Å². The van der Waals surface area contributed by atoms with Crippen LogP contribution in [0, 0.1) is 5.82 Å². The van der Waals surface area contributed by atoms with Gasteiger partial charge in [0.25, 0.3) is 0 Å². The number of aromatic nitrogens is 3. The summed E-state index contributed by atoms with van der Waals surface area (Å²) in [5, 5.41) is 12.8. The summed E-state index contributed by atoms with van der Waals surface area (Å²) in [5.74, 6) is -0.645. The van der Waals surface area contributed by atoms with Gasteiger partial charge in [0.15, 0.2) is 5.78 Å². The van der Waals surface area contributed by atoms with Crippen LogP contribution in [-0.2, 0) is 15.0 Å². The molecule has 4 rings (SSSR count). The van der Waals surface area contributed by atoms with Crippen LogP contribution in [0.3, 0.4) is 0 Å². The second-order valence-electron chi connectivity index (χ2n) is 9.87. The van der Waals surface area contributed by atoms with Gasteiger partial charge in [-0.1, -0.05) is 56.3 Å². The summed E-state index contributed by atoms with van der Waals surface area (Å²) >= 11 is 0. The molecule has 184 valence electrons. The third kappa shape index (κ3) is 4.89. The molecule has 0 bridgehead atoms. The van der Waals surface area contributed by atoms with Gasteiger partial charge in [-0.25, -0.2) is 9.37 Å². The molecule has 0 spiro atoms. The van der Waals surface area contributed by atoms with E-state index >= 15 is 4.39 Å². The summed E-state index contributed by atoms with van der Waals surface area (Å²) in [5.41, 5.74) is 0.826. The molecule has 1 saturated heterocycles. The van der Waals surface area contributed by atoms with Crippen molar-refractivity contribution >= 4 is 11.7 Å². The van der Waals surface area contributed by atoms with E-state index in [-0.39, 0.29) is 23.4 Å². The molecule has 1 aliphatic rings. The summed E-state index contributed by atoms with van der Waals surface area (Å²) < 4.78 is 16.0. The zero-order chi connectivity index (χ0) is 25.2. The number of nitrogens with one attached hydrogen (secondary N) is 3. The summed E-state index contributed by atoms with van der Waals surface area (Å²) in [7, 11) is 0. The van der Waals surface area contributed by atoms with Gasteiger partial charge in [0.05, 0.1) is 11.5 Å². The van der Waals surface area contributed by atoms with Crippen molar-refractivity contribution in [2.24, 2.45) is 0 Å². The van der Waals surface area contributed by atoms with Gasteiger partial charge in [-0.05, 0) is 55.8 Å². The van der Waals surface area contributed by atoms with E-state index in [9.17, 15) is 9.59 Å². The summed E-state index contributed by atoms with van der Waals surface area (Å²) in [4.78, 5) is 31.5. The molecule has 3 N–H and O–H groups in total. The van der Waals surface area contributed by atoms with E-state index < -0.39 is 17.5 Å². The van der Waals surface area contributed by atoms with Crippen molar-refractivity contribution < 1.29 is 14.0 Å². The fraction of sp³-hybridized carbons (Fsp3) is 0.407. The van der Waals surface area contributed by atoms with E-state index in [0.29, 0.717) is 34.5 Å². The van der Waals surface area contributed by atoms with Gasteiger partial charge in [-0.15, -0.1) is 0 Å². The maximum Gasteiger partial charge on any atom is 0.237 e. The third-order valence-electron chi connectivity index (χ3n) is 6.75. The lowest BCUT2D eigenvalue weighted by Gasteiger charge is -2.30. The van der Waals surface area contributed by atoms with Gasteiger partial charge >= 0.3 is 0 Å². The lowest BCUT2D eigenvalue weighted by Crippen LogP contribution is -2.48. The van der Waals surface area contributed by atoms with Crippen molar-refractivity contribution in [3.63, 3.8) is 0 Å². The molecule has 2 heterocycles. The fourth-order valence-electron chi connectivity index (χ4n) is 4.61. The molecule has 2 aromatic carbocycles. The number of ketones is 1. The molecule has 3 aromatic rings. The van der Waals surface area contributed by atoms with E-state index in [1.165, 1.54) is 6.33 Å². The molecular formula is C27H32FN5O2. The molecule has 0 saturated carbocycles. The van der Waals surface area contributed by atoms with E-state index in [4.69, 9.17) is 0 Å². The van der Waals surface area contributed by atoms with E-state index in [0.717, 1.165) is 13.0 Å². The number of hydrogen-bond donors (Lipinski definition) is 3. The lowest BCUT2D eigenvalue weighted by atomic mass is 9.78. The molecule has 7 nitrogen and oxygen atoms in total. The Morgan fingerprint density at radius 1 is 1.11 bits per heavy atom. The smallest absolute Gasteiger partial charge is 0.237 e. The van der Waals surface area contributed by atoms with Gasteiger partial charge in [0, 0.05) is 5.56 Å². The average Bonchev–Trinajstić information content (AvgIpc) is 3.57. The molecule has 2 atom stereocenters. The minimum Gasteiger partial charge on any atom is -0.341 e. The SMILES string of the molecule is CC(C)c1ccc(C(NC(=O)C2CCCN2)C(=O)C(C)(C)c2ncn[nH]2)c(-c2ccccc2)c1F. The first-order chi connectivity index (χ1) is 16.7. The molecule has 0 aliphatic carbocycles. The highest BCUT2D eigenvalue weighted by molar-refractivity contribution is 5.98. The van der Waals surface area contributed by atoms with Crippen molar-refractivity contribution in [2.45, 2.75) is 64.0 Å². The number of amides is 1. The number of H-pyrrole nitrogens is 1. The molecule has 0 radical (unpaired) electrons. The Morgan fingerprint density at radius 3 is 2.43 bits per heavy atom. The fourth-order valence-corrected chi connectivity index (χ4v) is 4.61. The third-order valence-corrected chi connectivity index (χ3v) is 6.75. The molecule has 2 unspecified atom stereocenters. The normalized spacial score (nSPS) is 16.9. The van der Waals surface area contributed by atoms with Gasteiger partial charge in [-0.2, -0.15) is 5.10 Å². The van der Waals surface area contributed by atoms with Crippen LogP contribution < -0.4 is 10.6 Å². The summed E-state index contributed by atoms with van der Waals surface area (Å²) in [6.45, 7) is 8.05. The minimum atomic E-state index is -1.11. The van der Waals surface area contributed by atoms with Gasteiger partial charge in [0.2, 0.25) is 5.91 Å². The molecule has 1 aliphatic heterocycles. The van der Waals surface area contributed by atoms with Crippen LogP contribution in [0.25, 0.3) is 11.1 Å². The number of rotatable bonds is 8. The van der Waals surface area contributed by atoms with E-state index in [1.54, 1.807) is 26.0 Å². The number of aromatic amines is 1. The maximum atomic E-state index is 16.0. The largest absolute Gasteiger partial charge is 0.341 e. The predicted molar refractivity (Wildman–Crippen MR) is 132 cm³/mol. The highest BCUT2D eigenvalue weighted by atomic mass is 19.1. The predicted octanol–water partition coefficient (Wildman–Crippen LogP) is 4.19. The Kier molecular flexibility index (Phi) is 7.12. The lowest BCUT2D eigenvalue weighted by molar-refractivity contribution is -0.131. The number of Topliss-reactive ketones (excluding diaryl/α,β-unsaturated/α-hetero) is 1. The molecule has 8 heteroatoms. The first-order valence-electron chi connectivity index (χ1n) is 12.0. The van der Waals surface area contributed by atoms with Crippen LogP contribution in [0.4, 0.5) is 4.39 Å². The Morgan fingerprint density at radius 2 is 1.83 bits per heavy atom. The maximum absolute atomic E-state index is 16.0. The number of carbonyl (C=O) groups excluding carboxylic acids is 2. The van der Waals surface area contributed by atoms with Crippen molar-refractivity contribution in [2.75, 3.05) is 6.54 Å². The number of hydrogen-bond acceptors (Lipinski definition) is 5. The second-order valence-corrected chi connectivity index (χ2v) is 9.87. The van der Waals surface area contributed by atoms with Crippen molar-refractivity contribution in [3.05, 3.63) is 71.6 Å². The Bertz CT molecular complexity index is 1190. The first kappa shape index (κ1) is 24.7. The molecule has 1 fully saturated rings. The van der Waals surface area contributed by atoms with E-state index in [1.807, 2.05) is 44.2 Å². The topological polar surface area (TPSA) is 99.8 Å². The number of benzene rings is 2. The van der Waals surface area contributed by atoms with Crippen molar-refractivity contribution in [1.82, 2.24) is 25.8 Å². The van der Waals surface area contributed by atoms with Gasteiger partial charge < -0.3 is 10.6 Å². The molecular weight excluding hydrogens is 445 g/mol. The summed E-state index contributed by atoms with van der Waals surface area (Å²) in [6, 6.07) is 11.1. The zero-order valence-electron chi connectivity index (χ0n) is 20.6. The van der Waals surface area contributed by atoms with Crippen LogP contribution in [0.1, 0.15) is 69.4 Å². The number of halogens is 1. The number of carbonyl (C=O) groups is 2. The van der Waals surface area contributed by atoms with Crippen LogP contribution in [-0.4, -0.2) is 39.5 Å². The average molecular weight is 478 g/mol. The quantitative estimate of drug-likeness (QED) is 0.452. The van der Waals surface area contributed by atoms with Crippen LogP contribution in [0.15, 0.2) is 48.8 Å². The molecule has 1 amide bonds. The highest BCUT2D eigenvalue weighted by Gasteiger charge is 2.41. The monoisotopic (exact) mass is 477 g/mol. The van der Waals surface area contributed by atoms with Gasteiger partial charge in [0.1, 0.15) is 24.0 Å². The second kappa shape index (κ2) is 10.1. The van der Waals surface area contributed by atoms with Crippen LogP contribution >= 0.6 is 0 Å². The van der Waals surface area contributed by atoms with Crippen molar-refractivity contribution in [3.8, 4) is 11.1 Å². The zero-order valence-corrected chi connectivity index (χ0v) is 20.6. The standard InChI is InChI=1S/C27H32FN5O2/c1-16(2)18-12-13-19(21(22(18)28)17-9-6-5-7-10-17)23(32-25(35)20-11-8-14-29-20)24(34)27(3,4)26-30-15-31-33-26/h5-7,9-10,12-13,15-16,20,23,29H,8,11,14H2,1-4H3,(H,32,35)(H,30,31,33). The summed E-state index contributed by atoms with van der Waals surface area (Å²) in [6.07, 6.45) is 2.91. The van der Waals surface area contributed by atoms with Crippen LogP contribution in [0.5, 0.6) is 0 Å². The first-order valence-corrected chi connectivity index (χ1v) is 12.0.